The van der Waals surface area contributed by atoms with E-state index in [1.54, 1.807) is 0 Å². The van der Waals surface area contributed by atoms with Crippen molar-refractivity contribution >= 4 is 15.9 Å². The standard InChI is InChI=1S/C16H25BrN2/c1-12-4-5-13(17)10-15(12)16(2,3)11-19-14-6-8-18-9-7-14/h4-5,10,14,18-19H,6-9,11H2,1-3H3. The summed E-state index contributed by atoms with van der Waals surface area (Å²) in [6, 6.07) is 7.26. The molecule has 0 amide bonds. The van der Waals surface area contributed by atoms with Gasteiger partial charge in [0.1, 0.15) is 0 Å². The average Bonchev–Trinajstić information content (AvgIpc) is 2.40. The van der Waals surface area contributed by atoms with Crippen LogP contribution in [0.25, 0.3) is 0 Å². The van der Waals surface area contributed by atoms with Crippen LogP contribution in [0.4, 0.5) is 0 Å². The molecular weight excluding hydrogens is 300 g/mol. The SMILES string of the molecule is Cc1ccc(Br)cc1C(C)(C)CNC1CCNCC1. The van der Waals surface area contributed by atoms with Crippen molar-refractivity contribution in [2.45, 2.75) is 45.1 Å². The van der Waals surface area contributed by atoms with E-state index in [4.69, 9.17) is 0 Å². The first-order chi connectivity index (χ1) is 8.99. The molecule has 1 aliphatic heterocycles. The number of rotatable bonds is 4. The van der Waals surface area contributed by atoms with Crippen LogP contribution in [-0.4, -0.2) is 25.7 Å². The third kappa shape index (κ3) is 4.04. The summed E-state index contributed by atoms with van der Waals surface area (Å²) in [6.07, 6.45) is 2.49. The normalized spacial score (nSPS) is 17.7. The third-order valence-electron chi connectivity index (χ3n) is 4.10. The van der Waals surface area contributed by atoms with Gasteiger partial charge in [0.25, 0.3) is 0 Å². The predicted octanol–water partition coefficient (Wildman–Crippen LogP) is 3.38. The maximum atomic E-state index is 3.75. The van der Waals surface area contributed by atoms with E-state index < -0.39 is 0 Å². The predicted molar refractivity (Wildman–Crippen MR) is 85.8 cm³/mol. The minimum atomic E-state index is 0.165. The van der Waals surface area contributed by atoms with Gasteiger partial charge in [-0.25, -0.2) is 0 Å². The summed E-state index contributed by atoms with van der Waals surface area (Å²) in [5, 5.41) is 7.17. The first-order valence-electron chi connectivity index (χ1n) is 7.20. The third-order valence-corrected chi connectivity index (χ3v) is 4.59. The van der Waals surface area contributed by atoms with Crippen molar-refractivity contribution in [1.82, 2.24) is 10.6 Å². The summed E-state index contributed by atoms with van der Waals surface area (Å²) in [7, 11) is 0. The zero-order valence-electron chi connectivity index (χ0n) is 12.2. The number of halogens is 1. The average molecular weight is 325 g/mol. The highest BCUT2D eigenvalue weighted by Gasteiger charge is 2.24. The van der Waals surface area contributed by atoms with Crippen molar-refractivity contribution in [2.75, 3.05) is 19.6 Å². The van der Waals surface area contributed by atoms with E-state index in [9.17, 15) is 0 Å². The lowest BCUT2D eigenvalue weighted by molar-refractivity contribution is 0.351. The molecular formula is C16H25BrN2. The number of nitrogens with one attached hydrogen (secondary N) is 2. The molecule has 2 nitrogen and oxygen atoms in total. The highest BCUT2D eigenvalue weighted by molar-refractivity contribution is 9.10. The highest BCUT2D eigenvalue weighted by Crippen LogP contribution is 2.28. The monoisotopic (exact) mass is 324 g/mol. The van der Waals surface area contributed by atoms with Gasteiger partial charge >= 0.3 is 0 Å². The molecule has 1 aromatic carbocycles. The topological polar surface area (TPSA) is 24.1 Å². The van der Waals surface area contributed by atoms with E-state index in [1.807, 2.05) is 0 Å². The van der Waals surface area contributed by atoms with Gasteiger partial charge in [-0.2, -0.15) is 0 Å². The zero-order valence-corrected chi connectivity index (χ0v) is 13.8. The summed E-state index contributed by atoms with van der Waals surface area (Å²) in [4.78, 5) is 0. The van der Waals surface area contributed by atoms with Crippen molar-refractivity contribution in [3.63, 3.8) is 0 Å². The molecule has 106 valence electrons. The van der Waals surface area contributed by atoms with Crippen LogP contribution in [0.1, 0.15) is 37.8 Å². The molecule has 0 atom stereocenters. The first kappa shape index (κ1) is 15.0. The molecule has 0 aliphatic carbocycles. The van der Waals surface area contributed by atoms with Gasteiger partial charge in [0.05, 0.1) is 0 Å². The number of hydrogen-bond acceptors (Lipinski definition) is 2. The lowest BCUT2D eigenvalue weighted by atomic mass is 9.81. The Labute approximate surface area is 125 Å². The maximum Gasteiger partial charge on any atom is 0.0178 e. The van der Waals surface area contributed by atoms with Crippen molar-refractivity contribution in [1.29, 1.82) is 0 Å². The molecule has 3 heteroatoms. The van der Waals surface area contributed by atoms with Crippen LogP contribution in [0.5, 0.6) is 0 Å². The van der Waals surface area contributed by atoms with E-state index in [2.05, 4.69) is 65.5 Å². The molecule has 1 saturated heterocycles. The van der Waals surface area contributed by atoms with Crippen molar-refractivity contribution in [2.24, 2.45) is 0 Å². The molecule has 1 fully saturated rings. The Kier molecular flexibility index (Phi) is 5.04. The number of aryl methyl sites for hydroxylation is 1. The number of benzene rings is 1. The van der Waals surface area contributed by atoms with Crippen LogP contribution < -0.4 is 10.6 Å². The Bertz CT molecular complexity index is 423. The molecule has 2 rings (SSSR count). The largest absolute Gasteiger partial charge is 0.317 e. The van der Waals surface area contributed by atoms with E-state index in [0.717, 1.165) is 19.6 Å². The van der Waals surface area contributed by atoms with Crippen molar-refractivity contribution in [3.8, 4) is 0 Å². The molecule has 0 bridgehead atoms. The van der Waals surface area contributed by atoms with E-state index in [1.165, 1.54) is 28.4 Å². The minimum Gasteiger partial charge on any atom is -0.317 e. The highest BCUT2D eigenvalue weighted by atomic mass is 79.9. The Hall–Kier alpha value is -0.380. The molecule has 1 aromatic rings. The van der Waals surface area contributed by atoms with Gasteiger partial charge in [0, 0.05) is 22.5 Å². The van der Waals surface area contributed by atoms with Gasteiger partial charge in [-0.05, 0) is 56.1 Å². The molecule has 19 heavy (non-hydrogen) atoms. The smallest absolute Gasteiger partial charge is 0.0178 e. The van der Waals surface area contributed by atoms with Crippen LogP contribution in [-0.2, 0) is 5.41 Å². The molecule has 1 aliphatic rings. The molecule has 0 saturated carbocycles. The number of hydrogen-bond donors (Lipinski definition) is 2. The van der Waals surface area contributed by atoms with Gasteiger partial charge < -0.3 is 10.6 Å². The molecule has 0 unspecified atom stereocenters. The second-order valence-electron chi connectivity index (χ2n) is 6.25. The second-order valence-corrected chi connectivity index (χ2v) is 7.16. The minimum absolute atomic E-state index is 0.165. The molecule has 1 heterocycles. The van der Waals surface area contributed by atoms with Crippen LogP contribution >= 0.6 is 15.9 Å². The Morgan fingerprint density at radius 3 is 2.68 bits per heavy atom. The lowest BCUT2D eigenvalue weighted by Crippen LogP contribution is -2.44. The Morgan fingerprint density at radius 2 is 2.00 bits per heavy atom. The van der Waals surface area contributed by atoms with E-state index in [0.29, 0.717) is 6.04 Å². The van der Waals surface area contributed by atoms with Crippen LogP contribution in [0.3, 0.4) is 0 Å². The Balaban J connectivity index is 2.02. The summed E-state index contributed by atoms with van der Waals surface area (Å²) >= 11 is 3.59. The van der Waals surface area contributed by atoms with Gasteiger partial charge in [-0.3, -0.25) is 0 Å². The van der Waals surface area contributed by atoms with Gasteiger partial charge in [-0.1, -0.05) is 35.8 Å². The van der Waals surface area contributed by atoms with Crippen molar-refractivity contribution in [3.05, 3.63) is 33.8 Å². The quantitative estimate of drug-likeness (QED) is 0.887. The molecule has 2 N–H and O–H groups in total. The van der Waals surface area contributed by atoms with E-state index in [-0.39, 0.29) is 5.41 Å². The summed E-state index contributed by atoms with van der Waals surface area (Å²) < 4.78 is 1.17. The molecule has 0 radical (unpaired) electrons. The van der Waals surface area contributed by atoms with Gasteiger partial charge in [0.2, 0.25) is 0 Å². The summed E-state index contributed by atoms with van der Waals surface area (Å²) in [6.45, 7) is 10.2. The van der Waals surface area contributed by atoms with E-state index >= 15 is 0 Å². The molecule has 0 aromatic heterocycles. The lowest BCUT2D eigenvalue weighted by Gasteiger charge is -2.32. The van der Waals surface area contributed by atoms with Crippen LogP contribution in [0.15, 0.2) is 22.7 Å². The van der Waals surface area contributed by atoms with Gasteiger partial charge in [0.15, 0.2) is 0 Å². The van der Waals surface area contributed by atoms with Gasteiger partial charge in [-0.15, -0.1) is 0 Å². The zero-order chi connectivity index (χ0) is 13.9. The first-order valence-corrected chi connectivity index (χ1v) is 7.99. The maximum absolute atomic E-state index is 3.75. The van der Waals surface area contributed by atoms with Crippen molar-refractivity contribution < 1.29 is 0 Å². The molecule has 0 spiro atoms. The summed E-state index contributed by atoms with van der Waals surface area (Å²) in [5.41, 5.74) is 2.97. The van der Waals surface area contributed by atoms with Crippen LogP contribution in [0.2, 0.25) is 0 Å². The van der Waals surface area contributed by atoms with Crippen LogP contribution in [0, 0.1) is 6.92 Å². The fraction of sp³-hybridized carbons (Fsp3) is 0.625. The summed E-state index contributed by atoms with van der Waals surface area (Å²) in [5.74, 6) is 0. The fourth-order valence-electron chi connectivity index (χ4n) is 2.84. The fourth-order valence-corrected chi connectivity index (χ4v) is 3.21. The Morgan fingerprint density at radius 1 is 1.32 bits per heavy atom. The second kappa shape index (κ2) is 6.38. The number of piperidine rings is 1.